The number of amides is 1. The van der Waals surface area contributed by atoms with Crippen LogP contribution in [0.1, 0.15) is 40.7 Å². The van der Waals surface area contributed by atoms with E-state index in [0.29, 0.717) is 17.9 Å². The van der Waals surface area contributed by atoms with Gasteiger partial charge in [-0.05, 0) is 43.9 Å². The lowest BCUT2D eigenvalue weighted by Gasteiger charge is -2.39. The summed E-state index contributed by atoms with van der Waals surface area (Å²) in [6.07, 6.45) is 2.64. The third-order valence-corrected chi connectivity index (χ3v) is 4.26. The minimum absolute atomic E-state index is 0.0844. The van der Waals surface area contributed by atoms with Crippen LogP contribution in [0.4, 0.5) is 5.69 Å². The first-order chi connectivity index (χ1) is 9.89. The molecule has 21 heavy (non-hydrogen) atoms. The highest BCUT2D eigenvalue weighted by Crippen LogP contribution is 2.42. The van der Waals surface area contributed by atoms with E-state index in [1.54, 1.807) is 20.1 Å². The second-order valence-electron chi connectivity index (χ2n) is 5.81. The maximum absolute atomic E-state index is 12.5. The summed E-state index contributed by atoms with van der Waals surface area (Å²) < 4.78 is 5.16. The first-order valence-electron chi connectivity index (χ1n) is 7.04. The lowest BCUT2D eigenvalue weighted by atomic mass is 9.68. The summed E-state index contributed by atoms with van der Waals surface area (Å²) in [6.45, 7) is 4.01. The molecule has 2 N–H and O–H groups in total. The van der Waals surface area contributed by atoms with Gasteiger partial charge in [0, 0.05) is 12.8 Å². The molecular weight excluding hydrogens is 270 g/mol. The quantitative estimate of drug-likeness (QED) is 0.874. The third-order valence-electron chi connectivity index (χ3n) is 4.26. The van der Waals surface area contributed by atoms with E-state index in [9.17, 15) is 14.7 Å². The summed E-state index contributed by atoms with van der Waals surface area (Å²) in [4.78, 5) is 23.7. The molecule has 1 aromatic carbocycles. The number of carboxylic acids is 1. The minimum atomic E-state index is -0.988. The van der Waals surface area contributed by atoms with Gasteiger partial charge < -0.3 is 15.2 Å². The number of hydrogen-bond donors (Lipinski definition) is 2. The van der Waals surface area contributed by atoms with Crippen molar-refractivity contribution in [1.82, 2.24) is 0 Å². The summed E-state index contributed by atoms with van der Waals surface area (Å²) in [5.41, 5.74) is 1.86. The molecule has 0 atom stereocenters. The Kier molecular flexibility index (Phi) is 4.32. The molecule has 0 radical (unpaired) electrons. The summed E-state index contributed by atoms with van der Waals surface area (Å²) in [6, 6.07) is 3.31. The highest BCUT2D eigenvalue weighted by molar-refractivity contribution is 5.98. The van der Waals surface area contributed by atoms with Gasteiger partial charge in [-0.25, -0.2) is 4.79 Å². The number of carboxylic acid groups (broad SMARTS) is 1. The lowest BCUT2D eigenvalue weighted by molar-refractivity contribution is -0.134. The summed E-state index contributed by atoms with van der Waals surface area (Å²) in [7, 11) is 1.59. The lowest BCUT2D eigenvalue weighted by Crippen LogP contribution is -2.45. The van der Waals surface area contributed by atoms with E-state index in [-0.39, 0.29) is 11.5 Å². The number of aromatic carboxylic acids is 1. The van der Waals surface area contributed by atoms with Crippen LogP contribution >= 0.6 is 0 Å². The maximum Gasteiger partial charge on any atom is 0.336 e. The number of ether oxygens (including phenoxy) is 1. The minimum Gasteiger partial charge on any atom is -0.478 e. The van der Waals surface area contributed by atoms with Gasteiger partial charge >= 0.3 is 5.97 Å². The van der Waals surface area contributed by atoms with E-state index < -0.39 is 11.4 Å². The van der Waals surface area contributed by atoms with Crippen molar-refractivity contribution in [3.63, 3.8) is 0 Å². The second kappa shape index (κ2) is 5.85. The average molecular weight is 291 g/mol. The number of anilines is 1. The largest absolute Gasteiger partial charge is 0.478 e. The van der Waals surface area contributed by atoms with Crippen molar-refractivity contribution in [3.05, 3.63) is 28.8 Å². The Morgan fingerprint density at radius 2 is 1.95 bits per heavy atom. The van der Waals surface area contributed by atoms with E-state index >= 15 is 0 Å². The molecule has 1 aliphatic carbocycles. The van der Waals surface area contributed by atoms with Crippen LogP contribution in [0.25, 0.3) is 0 Å². The van der Waals surface area contributed by atoms with Gasteiger partial charge in [-0.1, -0.05) is 12.5 Å². The number of hydrogen-bond acceptors (Lipinski definition) is 3. The topological polar surface area (TPSA) is 75.6 Å². The molecular formula is C16H21NO4. The number of carbonyl (C=O) groups is 2. The first-order valence-corrected chi connectivity index (χ1v) is 7.04. The summed E-state index contributed by atoms with van der Waals surface area (Å²) >= 11 is 0. The molecule has 0 bridgehead atoms. The van der Waals surface area contributed by atoms with Gasteiger partial charge in [0.15, 0.2) is 0 Å². The normalized spacial score (nSPS) is 16.1. The molecule has 1 aliphatic rings. The van der Waals surface area contributed by atoms with Crippen molar-refractivity contribution in [3.8, 4) is 0 Å². The zero-order chi connectivity index (χ0) is 15.6. The molecule has 0 heterocycles. The number of methoxy groups -OCH3 is 1. The Bertz CT molecular complexity index is 576. The number of aryl methyl sites for hydroxylation is 2. The second-order valence-corrected chi connectivity index (χ2v) is 5.81. The highest BCUT2D eigenvalue weighted by atomic mass is 16.5. The number of benzene rings is 1. The van der Waals surface area contributed by atoms with E-state index in [4.69, 9.17) is 4.74 Å². The molecule has 1 fully saturated rings. The van der Waals surface area contributed by atoms with Crippen molar-refractivity contribution < 1.29 is 19.4 Å². The Morgan fingerprint density at radius 3 is 2.43 bits per heavy atom. The monoisotopic (exact) mass is 291 g/mol. The van der Waals surface area contributed by atoms with Gasteiger partial charge in [-0.15, -0.1) is 0 Å². The predicted octanol–water partition coefficient (Wildman–Crippen LogP) is 2.76. The van der Waals surface area contributed by atoms with E-state index in [0.717, 1.165) is 24.8 Å². The van der Waals surface area contributed by atoms with Crippen molar-refractivity contribution in [1.29, 1.82) is 0 Å². The van der Waals surface area contributed by atoms with Crippen molar-refractivity contribution in [2.45, 2.75) is 33.1 Å². The van der Waals surface area contributed by atoms with Crippen LogP contribution in [0.3, 0.4) is 0 Å². The van der Waals surface area contributed by atoms with Crippen LogP contribution in [0.15, 0.2) is 12.1 Å². The molecule has 0 unspecified atom stereocenters. The van der Waals surface area contributed by atoms with Gasteiger partial charge in [0.25, 0.3) is 0 Å². The molecule has 1 amide bonds. The molecule has 1 aromatic rings. The SMILES string of the molecule is COCC1(C(=O)Nc2cc(C(=O)O)c(C)cc2C)CCC1. The molecule has 0 saturated heterocycles. The zero-order valence-corrected chi connectivity index (χ0v) is 12.7. The molecule has 1 saturated carbocycles. The smallest absolute Gasteiger partial charge is 0.336 e. The molecule has 5 heteroatoms. The fourth-order valence-corrected chi connectivity index (χ4v) is 2.79. The van der Waals surface area contributed by atoms with Crippen molar-refractivity contribution in [2.24, 2.45) is 5.41 Å². The summed E-state index contributed by atoms with van der Waals surface area (Å²) in [5, 5.41) is 12.1. The van der Waals surface area contributed by atoms with E-state index in [2.05, 4.69) is 5.32 Å². The molecule has 0 aliphatic heterocycles. The van der Waals surface area contributed by atoms with Crippen LogP contribution in [0.5, 0.6) is 0 Å². The number of nitrogens with one attached hydrogen (secondary N) is 1. The Balaban J connectivity index is 2.25. The fourth-order valence-electron chi connectivity index (χ4n) is 2.79. The first kappa shape index (κ1) is 15.5. The van der Waals surface area contributed by atoms with Gasteiger partial charge in [0.1, 0.15) is 0 Å². The van der Waals surface area contributed by atoms with Crippen LogP contribution in [-0.4, -0.2) is 30.7 Å². The Labute approximate surface area is 124 Å². The molecule has 0 spiro atoms. The third kappa shape index (κ3) is 2.93. The van der Waals surface area contributed by atoms with Crippen LogP contribution in [0, 0.1) is 19.3 Å². The van der Waals surface area contributed by atoms with Gasteiger partial charge in [-0.3, -0.25) is 4.79 Å². The van der Waals surface area contributed by atoms with Crippen LogP contribution in [-0.2, 0) is 9.53 Å². The Hall–Kier alpha value is -1.88. The molecule has 0 aromatic heterocycles. The van der Waals surface area contributed by atoms with Gasteiger partial charge in [0.2, 0.25) is 5.91 Å². The summed E-state index contributed by atoms with van der Waals surface area (Å²) in [5.74, 6) is -1.07. The van der Waals surface area contributed by atoms with E-state index in [1.165, 1.54) is 6.07 Å². The Morgan fingerprint density at radius 1 is 1.29 bits per heavy atom. The molecule has 5 nitrogen and oxygen atoms in total. The highest BCUT2D eigenvalue weighted by Gasteiger charge is 2.44. The number of carbonyl (C=O) groups excluding carboxylic acids is 1. The molecule has 2 rings (SSSR count). The standard InChI is InChI=1S/C16H21NO4/c1-10-7-11(2)13(8-12(10)14(18)19)17-15(20)16(9-21-3)5-4-6-16/h7-8H,4-6,9H2,1-3H3,(H,17,20)(H,18,19). The number of rotatable bonds is 5. The maximum atomic E-state index is 12.5. The van der Waals surface area contributed by atoms with Gasteiger partial charge in [0.05, 0.1) is 17.6 Å². The van der Waals surface area contributed by atoms with E-state index in [1.807, 2.05) is 6.92 Å². The zero-order valence-electron chi connectivity index (χ0n) is 12.7. The fraction of sp³-hybridized carbons (Fsp3) is 0.500. The molecule has 114 valence electrons. The average Bonchev–Trinajstić information content (AvgIpc) is 2.36. The van der Waals surface area contributed by atoms with Crippen molar-refractivity contribution >= 4 is 17.6 Å². The van der Waals surface area contributed by atoms with Crippen LogP contribution in [0.2, 0.25) is 0 Å². The van der Waals surface area contributed by atoms with Crippen molar-refractivity contribution in [2.75, 3.05) is 19.0 Å². The van der Waals surface area contributed by atoms with Crippen LogP contribution < -0.4 is 5.32 Å². The van der Waals surface area contributed by atoms with Gasteiger partial charge in [-0.2, -0.15) is 0 Å². The predicted molar refractivity (Wildman–Crippen MR) is 79.7 cm³/mol.